The fraction of sp³-hybridized carbons (Fsp3) is 0.909. The summed E-state index contributed by atoms with van der Waals surface area (Å²) in [5.41, 5.74) is 6.04. The van der Waals surface area contributed by atoms with Crippen LogP contribution >= 0.6 is 0 Å². The van der Waals surface area contributed by atoms with Gasteiger partial charge in [0, 0.05) is 13.2 Å². The highest BCUT2D eigenvalue weighted by Gasteiger charge is 2.60. The number of nitrogens with two attached hydrogens (primary N) is 1. The summed E-state index contributed by atoms with van der Waals surface area (Å²) in [7, 11) is 2.87. The molecule has 0 unspecified atom stereocenters. The highest BCUT2D eigenvalue weighted by atomic mass is 16.8. The number of carbonyl (C=O) groups excluding carboxylic acids is 1. The molecule has 17 heavy (non-hydrogen) atoms. The van der Waals surface area contributed by atoms with Crippen molar-refractivity contribution in [2.75, 3.05) is 14.2 Å². The number of ether oxygens (including phenoxy) is 4. The average Bonchev–Trinajstić information content (AvgIpc) is 2.70. The van der Waals surface area contributed by atoms with Gasteiger partial charge in [-0.3, -0.25) is 4.79 Å². The summed E-state index contributed by atoms with van der Waals surface area (Å²) in [6.07, 6.45) is -1.09. The van der Waals surface area contributed by atoms with Gasteiger partial charge in [-0.1, -0.05) is 0 Å². The number of hydrogen-bond donors (Lipinski definition) is 1. The molecule has 0 spiro atoms. The number of esters is 1. The summed E-state index contributed by atoms with van der Waals surface area (Å²) in [6.45, 7) is 3.63. The predicted octanol–water partition coefficient (Wildman–Crippen LogP) is -0.348. The summed E-state index contributed by atoms with van der Waals surface area (Å²) in [4.78, 5) is 11.7. The molecule has 0 amide bonds. The molecule has 0 aromatic rings. The Labute approximate surface area is 100 Å². The molecule has 1 aliphatic heterocycles. The molecule has 5 atom stereocenters. The maximum Gasteiger partial charge on any atom is 0.313 e. The van der Waals surface area contributed by atoms with Gasteiger partial charge < -0.3 is 24.7 Å². The lowest BCUT2D eigenvalue weighted by Crippen LogP contribution is -2.44. The lowest BCUT2D eigenvalue weighted by molar-refractivity contribution is -0.180. The molecule has 2 N–H and O–H groups in total. The van der Waals surface area contributed by atoms with Crippen molar-refractivity contribution < 1.29 is 23.7 Å². The van der Waals surface area contributed by atoms with E-state index in [4.69, 9.17) is 24.7 Å². The van der Waals surface area contributed by atoms with Crippen LogP contribution < -0.4 is 5.73 Å². The Bertz CT molecular complexity index is 319. The van der Waals surface area contributed by atoms with Crippen LogP contribution in [-0.4, -0.2) is 50.3 Å². The van der Waals surface area contributed by atoms with Gasteiger partial charge in [0.2, 0.25) is 0 Å². The minimum Gasteiger partial charge on any atom is -0.469 e. The van der Waals surface area contributed by atoms with E-state index >= 15 is 0 Å². The molecule has 6 nitrogen and oxygen atoms in total. The number of hydrogen-bond acceptors (Lipinski definition) is 6. The Morgan fingerprint density at radius 2 is 1.82 bits per heavy atom. The van der Waals surface area contributed by atoms with Crippen LogP contribution in [0.25, 0.3) is 0 Å². The molecule has 6 heteroatoms. The molecular formula is C11H19NO5. The van der Waals surface area contributed by atoms with Crippen molar-refractivity contribution in [1.82, 2.24) is 0 Å². The Hall–Kier alpha value is -0.690. The maximum absolute atomic E-state index is 11.7. The molecule has 0 radical (unpaired) electrons. The summed E-state index contributed by atoms with van der Waals surface area (Å²) in [5.74, 6) is -1.62. The van der Waals surface area contributed by atoms with Gasteiger partial charge in [-0.05, 0) is 13.8 Å². The molecular weight excluding hydrogens is 226 g/mol. The molecule has 2 rings (SSSR count). The second kappa shape index (κ2) is 4.20. The normalized spacial score (nSPS) is 43.5. The molecule has 2 fully saturated rings. The van der Waals surface area contributed by atoms with Crippen molar-refractivity contribution >= 4 is 5.97 Å². The summed E-state index contributed by atoms with van der Waals surface area (Å²) in [6, 6.07) is -0.473. The highest BCUT2D eigenvalue weighted by Crippen LogP contribution is 2.42. The summed E-state index contributed by atoms with van der Waals surface area (Å²) < 4.78 is 21.5. The molecule has 98 valence electrons. The Morgan fingerprint density at radius 1 is 1.24 bits per heavy atom. The van der Waals surface area contributed by atoms with Crippen LogP contribution in [0.15, 0.2) is 0 Å². The quantitative estimate of drug-likeness (QED) is 0.670. The lowest BCUT2D eigenvalue weighted by Gasteiger charge is -2.26. The van der Waals surface area contributed by atoms with E-state index in [1.165, 1.54) is 14.2 Å². The van der Waals surface area contributed by atoms with Crippen LogP contribution in [0.5, 0.6) is 0 Å². The third kappa shape index (κ3) is 1.95. The van der Waals surface area contributed by atoms with Crippen LogP contribution in [0.4, 0.5) is 0 Å². The second-order valence-corrected chi connectivity index (χ2v) is 4.89. The molecule has 1 aliphatic carbocycles. The third-order valence-electron chi connectivity index (χ3n) is 3.38. The first-order chi connectivity index (χ1) is 7.91. The van der Waals surface area contributed by atoms with Gasteiger partial charge in [0.15, 0.2) is 5.79 Å². The zero-order chi connectivity index (χ0) is 12.8. The molecule has 1 saturated carbocycles. The van der Waals surface area contributed by atoms with E-state index < -0.39 is 23.9 Å². The number of carbonyl (C=O) groups is 1. The SMILES string of the molecule is COC(=O)[C@H]1[C@H](N)[C@H]2OC(C)(C)O[C@H]2[C@@H]1OC. The zero-order valence-electron chi connectivity index (χ0n) is 10.5. The first-order valence-corrected chi connectivity index (χ1v) is 5.63. The Balaban J connectivity index is 2.23. The van der Waals surface area contributed by atoms with Gasteiger partial charge in [0.25, 0.3) is 0 Å². The van der Waals surface area contributed by atoms with Crippen molar-refractivity contribution in [2.45, 2.75) is 44.0 Å². The topological polar surface area (TPSA) is 80.0 Å². The van der Waals surface area contributed by atoms with E-state index in [0.29, 0.717) is 0 Å². The van der Waals surface area contributed by atoms with Gasteiger partial charge in [0.05, 0.1) is 7.11 Å². The van der Waals surface area contributed by atoms with Crippen LogP contribution in [0, 0.1) is 5.92 Å². The van der Waals surface area contributed by atoms with Crippen molar-refractivity contribution in [2.24, 2.45) is 11.7 Å². The molecule has 1 saturated heterocycles. The summed E-state index contributed by atoms with van der Waals surface area (Å²) >= 11 is 0. The van der Waals surface area contributed by atoms with Crippen LogP contribution in [0.1, 0.15) is 13.8 Å². The fourth-order valence-electron chi connectivity index (χ4n) is 2.70. The highest BCUT2D eigenvalue weighted by molar-refractivity contribution is 5.75. The van der Waals surface area contributed by atoms with Gasteiger partial charge in [0.1, 0.15) is 24.2 Å². The first kappa shape index (κ1) is 12.8. The van der Waals surface area contributed by atoms with Gasteiger partial charge in [-0.15, -0.1) is 0 Å². The molecule has 1 heterocycles. The standard InChI is InChI=1S/C11H19NO5/c1-11(2)16-8-6(12)5(10(13)15-4)7(14-3)9(8)17-11/h5-9H,12H2,1-4H3/t5-,6-,7+,8+,9-/m0/s1. The maximum atomic E-state index is 11.7. The van der Waals surface area contributed by atoms with Crippen LogP contribution in [0.2, 0.25) is 0 Å². The Kier molecular flexibility index (Phi) is 3.15. The van der Waals surface area contributed by atoms with E-state index in [2.05, 4.69) is 0 Å². The van der Waals surface area contributed by atoms with Crippen molar-refractivity contribution in [1.29, 1.82) is 0 Å². The van der Waals surface area contributed by atoms with Crippen LogP contribution in [0.3, 0.4) is 0 Å². The lowest BCUT2D eigenvalue weighted by atomic mass is 10.0. The average molecular weight is 245 g/mol. The van der Waals surface area contributed by atoms with Crippen molar-refractivity contribution in [3.05, 3.63) is 0 Å². The molecule has 0 aromatic carbocycles. The third-order valence-corrected chi connectivity index (χ3v) is 3.38. The Morgan fingerprint density at radius 3 is 2.35 bits per heavy atom. The minimum atomic E-state index is -0.690. The smallest absolute Gasteiger partial charge is 0.313 e. The first-order valence-electron chi connectivity index (χ1n) is 5.63. The van der Waals surface area contributed by atoms with Gasteiger partial charge in [-0.2, -0.15) is 0 Å². The second-order valence-electron chi connectivity index (χ2n) is 4.89. The summed E-state index contributed by atoms with van der Waals surface area (Å²) in [5, 5.41) is 0. The van der Waals surface area contributed by atoms with E-state index in [-0.39, 0.29) is 18.2 Å². The fourth-order valence-corrected chi connectivity index (χ4v) is 2.70. The number of fused-ring (bicyclic) bond motifs is 1. The number of methoxy groups -OCH3 is 2. The predicted molar refractivity (Wildman–Crippen MR) is 58.1 cm³/mol. The van der Waals surface area contributed by atoms with Gasteiger partial charge >= 0.3 is 5.97 Å². The van der Waals surface area contributed by atoms with E-state index in [1.807, 2.05) is 13.8 Å². The molecule has 2 aliphatic rings. The molecule has 0 aromatic heterocycles. The zero-order valence-corrected chi connectivity index (χ0v) is 10.5. The largest absolute Gasteiger partial charge is 0.469 e. The molecule has 0 bridgehead atoms. The van der Waals surface area contributed by atoms with Crippen molar-refractivity contribution in [3.63, 3.8) is 0 Å². The van der Waals surface area contributed by atoms with E-state index in [1.54, 1.807) is 0 Å². The van der Waals surface area contributed by atoms with Crippen LogP contribution in [-0.2, 0) is 23.7 Å². The monoisotopic (exact) mass is 245 g/mol. The van der Waals surface area contributed by atoms with Gasteiger partial charge in [-0.25, -0.2) is 0 Å². The number of rotatable bonds is 2. The van der Waals surface area contributed by atoms with E-state index in [9.17, 15) is 4.79 Å². The minimum absolute atomic E-state index is 0.325. The van der Waals surface area contributed by atoms with Crippen molar-refractivity contribution in [3.8, 4) is 0 Å². The van der Waals surface area contributed by atoms with E-state index in [0.717, 1.165) is 0 Å².